The zero-order valence-electron chi connectivity index (χ0n) is 9.95. The van der Waals surface area contributed by atoms with Crippen molar-refractivity contribution in [3.05, 3.63) is 35.4 Å². The zero-order valence-corrected chi connectivity index (χ0v) is 9.95. The second kappa shape index (κ2) is 5.46. The Morgan fingerprint density at radius 1 is 1.31 bits per heavy atom. The van der Waals surface area contributed by atoms with Crippen LogP contribution in [0.3, 0.4) is 0 Å². The molecule has 2 N–H and O–H groups in total. The van der Waals surface area contributed by atoms with E-state index in [-0.39, 0.29) is 12.1 Å². The first-order chi connectivity index (χ1) is 7.75. The van der Waals surface area contributed by atoms with Gasteiger partial charge in [0.15, 0.2) is 0 Å². The maximum absolute atomic E-state index is 9.84. The predicted molar refractivity (Wildman–Crippen MR) is 66.3 cm³/mol. The number of benzene rings is 1. The molecule has 0 aromatic heterocycles. The number of hydrogen-bond donors (Lipinski definition) is 2. The minimum Gasteiger partial charge on any atom is -0.392 e. The lowest BCUT2D eigenvalue weighted by molar-refractivity contribution is 0.0902. The van der Waals surface area contributed by atoms with Crippen molar-refractivity contribution >= 4 is 0 Å². The Labute approximate surface area is 97.7 Å². The first kappa shape index (κ1) is 11.6. The van der Waals surface area contributed by atoms with E-state index >= 15 is 0 Å². The van der Waals surface area contributed by atoms with E-state index in [9.17, 15) is 5.11 Å². The summed E-state index contributed by atoms with van der Waals surface area (Å²) in [5.41, 5.74) is 2.60. The minimum atomic E-state index is -0.154. The molecule has 1 aliphatic carbocycles. The van der Waals surface area contributed by atoms with Gasteiger partial charge in [-0.2, -0.15) is 0 Å². The van der Waals surface area contributed by atoms with E-state index in [0.29, 0.717) is 0 Å². The number of nitrogens with one attached hydrogen (secondary N) is 1. The molecule has 2 atom stereocenters. The van der Waals surface area contributed by atoms with Crippen LogP contribution in [0.1, 0.15) is 36.8 Å². The third-order valence-corrected chi connectivity index (χ3v) is 3.38. The summed E-state index contributed by atoms with van der Waals surface area (Å²) >= 11 is 0. The van der Waals surface area contributed by atoms with E-state index in [0.717, 1.165) is 19.4 Å². The summed E-state index contributed by atoms with van der Waals surface area (Å²) in [5.74, 6) is 0. The highest BCUT2D eigenvalue weighted by atomic mass is 16.3. The minimum absolute atomic E-state index is 0.154. The summed E-state index contributed by atoms with van der Waals surface area (Å²) in [6, 6.07) is 8.81. The molecular weight excluding hydrogens is 198 g/mol. The zero-order chi connectivity index (χ0) is 11.4. The highest BCUT2D eigenvalue weighted by molar-refractivity contribution is 5.22. The molecule has 1 aromatic rings. The Morgan fingerprint density at radius 2 is 2.12 bits per heavy atom. The van der Waals surface area contributed by atoms with Gasteiger partial charge in [-0.1, -0.05) is 42.7 Å². The van der Waals surface area contributed by atoms with Crippen LogP contribution < -0.4 is 5.32 Å². The first-order valence-electron chi connectivity index (χ1n) is 6.23. The number of aliphatic hydroxyl groups excluding tert-OH is 1. The van der Waals surface area contributed by atoms with E-state index in [2.05, 4.69) is 36.5 Å². The van der Waals surface area contributed by atoms with Gasteiger partial charge in [-0.05, 0) is 25.3 Å². The lowest BCUT2D eigenvalue weighted by atomic mass is 9.92. The summed E-state index contributed by atoms with van der Waals surface area (Å²) < 4.78 is 0. The average molecular weight is 219 g/mol. The molecule has 0 saturated heterocycles. The monoisotopic (exact) mass is 219 g/mol. The van der Waals surface area contributed by atoms with E-state index in [4.69, 9.17) is 0 Å². The topological polar surface area (TPSA) is 32.3 Å². The summed E-state index contributed by atoms with van der Waals surface area (Å²) in [5, 5.41) is 13.3. The van der Waals surface area contributed by atoms with Crippen LogP contribution in [0.5, 0.6) is 0 Å². The van der Waals surface area contributed by atoms with E-state index in [1.165, 1.54) is 24.0 Å². The van der Waals surface area contributed by atoms with Crippen LogP contribution in [0.15, 0.2) is 24.3 Å². The van der Waals surface area contributed by atoms with Gasteiger partial charge in [0.1, 0.15) is 0 Å². The van der Waals surface area contributed by atoms with E-state index < -0.39 is 0 Å². The van der Waals surface area contributed by atoms with Gasteiger partial charge in [-0.25, -0.2) is 0 Å². The number of hydrogen-bond acceptors (Lipinski definition) is 2. The molecule has 0 amide bonds. The van der Waals surface area contributed by atoms with Gasteiger partial charge < -0.3 is 10.4 Å². The van der Waals surface area contributed by atoms with Gasteiger partial charge in [0, 0.05) is 12.6 Å². The molecule has 16 heavy (non-hydrogen) atoms. The molecule has 2 heteroatoms. The Kier molecular flexibility index (Phi) is 3.97. The lowest BCUT2D eigenvalue weighted by Crippen LogP contribution is -2.41. The molecule has 0 spiro atoms. The van der Waals surface area contributed by atoms with E-state index in [1.807, 2.05) is 0 Å². The molecular formula is C14H21NO. The van der Waals surface area contributed by atoms with Crippen molar-refractivity contribution in [2.24, 2.45) is 0 Å². The fourth-order valence-corrected chi connectivity index (χ4v) is 2.42. The molecule has 0 aliphatic heterocycles. The standard InChI is InChI=1S/C14H21NO/c1-11-5-4-6-12(9-11)10-15-13-7-2-3-8-14(13)16/h4-6,9,13-16H,2-3,7-8,10H2,1H3/t13-,14-/m0/s1. The fourth-order valence-electron chi connectivity index (χ4n) is 2.42. The van der Waals surface area contributed by atoms with Crippen molar-refractivity contribution < 1.29 is 5.11 Å². The molecule has 0 radical (unpaired) electrons. The first-order valence-corrected chi connectivity index (χ1v) is 6.23. The second-order valence-electron chi connectivity index (χ2n) is 4.83. The van der Waals surface area contributed by atoms with E-state index in [1.54, 1.807) is 0 Å². The Morgan fingerprint density at radius 3 is 2.88 bits per heavy atom. The SMILES string of the molecule is Cc1cccc(CN[C@H]2CCCC[C@@H]2O)c1. The molecule has 88 valence electrons. The molecule has 1 saturated carbocycles. The highest BCUT2D eigenvalue weighted by Crippen LogP contribution is 2.18. The van der Waals surface area contributed by atoms with Crippen LogP contribution in [0.25, 0.3) is 0 Å². The second-order valence-corrected chi connectivity index (χ2v) is 4.83. The lowest BCUT2D eigenvalue weighted by Gasteiger charge is -2.28. The van der Waals surface area contributed by atoms with Crippen molar-refractivity contribution in [3.8, 4) is 0 Å². The van der Waals surface area contributed by atoms with Crippen LogP contribution in [-0.2, 0) is 6.54 Å². The van der Waals surface area contributed by atoms with Crippen LogP contribution >= 0.6 is 0 Å². The van der Waals surface area contributed by atoms with Crippen molar-refractivity contribution in [2.75, 3.05) is 0 Å². The highest BCUT2D eigenvalue weighted by Gasteiger charge is 2.21. The average Bonchev–Trinajstić information content (AvgIpc) is 2.28. The number of rotatable bonds is 3. The molecule has 2 nitrogen and oxygen atoms in total. The predicted octanol–water partition coefficient (Wildman–Crippen LogP) is 2.39. The largest absolute Gasteiger partial charge is 0.392 e. The van der Waals surface area contributed by atoms with Crippen molar-refractivity contribution in [1.29, 1.82) is 0 Å². The molecule has 1 fully saturated rings. The van der Waals surface area contributed by atoms with Gasteiger partial charge in [0.2, 0.25) is 0 Å². The van der Waals surface area contributed by atoms with Gasteiger partial charge in [-0.15, -0.1) is 0 Å². The van der Waals surface area contributed by atoms with Gasteiger partial charge in [-0.3, -0.25) is 0 Å². The maximum Gasteiger partial charge on any atom is 0.0693 e. The molecule has 1 aliphatic rings. The van der Waals surface area contributed by atoms with Gasteiger partial charge in [0.25, 0.3) is 0 Å². The maximum atomic E-state index is 9.84. The third-order valence-electron chi connectivity index (χ3n) is 3.38. The molecule has 2 rings (SSSR count). The van der Waals surface area contributed by atoms with Crippen molar-refractivity contribution in [2.45, 2.75) is 51.3 Å². The summed E-state index contributed by atoms with van der Waals surface area (Å²) in [6.45, 7) is 2.97. The molecule has 0 bridgehead atoms. The molecule has 0 unspecified atom stereocenters. The third kappa shape index (κ3) is 3.06. The number of aryl methyl sites for hydroxylation is 1. The summed E-state index contributed by atoms with van der Waals surface area (Å²) in [4.78, 5) is 0. The van der Waals surface area contributed by atoms with Crippen molar-refractivity contribution in [1.82, 2.24) is 5.32 Å². The number of aliphatic hydroxyl groups is 1. The van der Waals surface area contributed by atoms with Crippen LogP contribution in [0, 0.1) is 6.92 Å². The van der Waals surface area contributed by atoms with Crippen LogP contribution in [0.4, 0.5) is 0 Å². The summed E-state index contributed by atoms with van der Waals surface area (Å²) in [7, 11) is 0. The Bertz CT molecular complexity index is 337. The van der Waals surface area contributed by atoms with Crippen molar-refractivity contribution in [3.63, 3.8) is 0 Å². The van der Waals surface area contributed by atoms with Gasteiger partial charge >= 0.3 is 0 Å². The van der Waals surface area contributed by atoms with Gasteiger partial charge in [0.05, 0.1) is 6.10 Å². The Hall–Kier alpha value is -0.860. The smallest absolute Gasteiger partial charge is 0.0693 e. The fraction of sp³-hybridized carbons (Fsp3) is 0.571. The normalized spacial score (nSPS) is 25.6. The quantitative estimate of drug-likeness (QED) is 0.818. The molecule has 1 aromatic carbocycles. The molecule has 0 heterocycles. The summed E-state index contributed by atoms with van der Waals surface area (Å²) in [6.07, 6.45) is 4.31. The van der Waals surface area contributed by atoms with Crippen LogP contribution in [-0.4, -0.2) is 17.3 Å². The van der Waals surface area contributed by atoms with Crippen LogP contribution in [0.2, 0.25) is 0 Å². The Balaban J connectivity index is 1.86.